The van der Waals surface area contributed by atoms with Crippen LogP contribution < -0.4 is 16.4 Å². The Morgan fingerprint density at radius 1 is 1.12 bits per heavy atom. The fourth-order valence-electron chi connectivity index (χ4n) is 3.39. The zero-order valence-corrected chi connectivity index (χ0v) is 19.9. The van der Waals surface area contributed by atoms with Gasteiger partial charge in [0.25, 0.3) is 5.56 Å². The van der Waals surface area contributed by atoms with Crippen LogP contribution in [0.5, 0.6) is 0 Å². The van der Waals surface area contributed by atoms with Gasteiger partial charge in [0.15, 0.2) is 10.9 Å². The van der Waals surface area contributed by atoms with Crippen molar-refractivity contribution in [3.05, 3.63) is 87.6 Å². The highest BCUT2D eigenvalue weighted by atomic mass is 35.5. The third-order valence-corrected chi connectivity index (χ3v) is 6.17. The molecule has 8 nitrogen and oxygen atoms in total. The Hall–Kier alpha value is -3.56. The number of hydrogen-bond acceptors (Lipinski definition) is 6. The van der Waals surface area contributed by atoms with Crippen molar-refractivity contribution in [2.45, 2.75) is 24.9 Å². The van der Waals surface area contributed by atoms with Gasteiger partial charge >= 0.3 is 5.91 Å². The van der Waals surface area contributed by atoms with Gasteiger partial charge in [-0.3, -0.25) is 29.8 Å². The summed E-state index contributed by atoms with van der Waals surface area (Å²) in [6, 6.07) is 15.5. The molecule has 0 aliphatic rings. The van der Waals surface area contributed by atoms with Gasteiger partial charge in [-0.05, 0) is 47.9 Å². The van der Waals surface area contributed by atoms with Gasteiger partial charge in [-0.15, -0.1) is 0 Å². The Kier molecular flexibility index (Phi) is 7.04. The highest BCUT2D eigenvalue weighted by molar-refractivity contribution is 7.99. The van der Waals surface area contributed by atoms with E-state index in [1.165, 1.54) is 16.9 Å². The predicted molar refractivity (Wildman–Crippen MR) is 131 cm³/mol. The van der Waals surface area contributed by atoms with Gasteiger partial charge in [0.1, 0.15) is 0 Å². The number of carbonyl (C=O) groups excluding carboxylic acids is 2. The van der Waals surface area contributed by atoms with Crippen LogP contribution in [-0.4, -0.2) is 27.1 Å². The van der Waals surface area contributed by atoms with Gasteiger partial charge in [0.2, 0.25) is 5.91 Å². The van der Waals surface area contributed by atoms with Gasteiger partial charge in [-0.2, -0.15) is 0 Å². The minimum atomic E-state index is -0.579. The highest BCUT2D eigenvalue weighted by Crippen LogP contribution is 2.27. The summed E-state index contributed by atoms with van der Waals surface area (Å²) in [5.74, 6) is -0.929. The van der Waals surface area contributed by atoms with E-state index >= 15 is 0 Å². The van der Waals surface area contributed by atoms with Gasteiger partial charge in [0, 0.05) is 5.02 Å². The lowest BCUT2D eigenvalue weighted by Gasteiger charge is -2.18. The van der Waals surface area contributed by atoms with Crippen molar-refractivity contribution in [3.8, 4) is 5.69 Å². The third kappa shape index (κ3) is 5.00. The summed E-state index contributed by atoms with van der Waals surface area (Å²) in [4.78, 5) is 42.5. The first-order valence-electron chi connectivity index (χ1n) is 10.4. The van der Waals surface area contributed by atoms with Crippen molar-refractivity contribution in [1.82, 2.24) is 20.4 Å². The molecule has 0 fully saturated rings. The van der Waals surface area contributed by atoms with Crippen LogP contribution in [0.3, 0.4) is 0 Å². The number of nitrogens with one attached hydrogen (secondary N) is 2. The molecule has 0 radical (unpaired) electrons. The van der Waals surface area contributed by atoms with Crippen molar-refractivity contribution in [2.24, 2.45) is 0 Å². The number of carbonyl (C=O) groups is 2. The summed E-state index contributed by atoms with van der Waals surface area (Å²) >= 11 is 7.20. The topological polar surface area (TPSA) is 106 Å². The number of hydrazine groups is 1. The van der Waals surface area contributed by atoms with Crippen molar-refractivity contribution in [3.63, 3.8) is 0 Å². The second-order valence-electron chi connectivity index (χ2n) is 7.68. The number of furan rings is 1. The van der Waals surface area contributed by atoms with E-state index in [2.05, 4.69) is 15.8 Å². The maximum Gasteiger partial charge on any atom is 0.305 e. The van der Waals surface area contributed by atoms with Crippen LogP contribution in [0.4, 0.5) is 0 Å². The first-order chi connectivity index (χ1) is 16.3. The number of hydrogen-bond donors (Lipinski definition) is 2. The zero-order chi connectivity index (χ0) is 24.2. The number of rotatable bonds is 6. The monoisotopic (exact) mass is 496 g/mol. The molecule has 2 N–H and O–H groups in total. The normalized spacial score (nSPS) is 11.1. The Morgan fingerprint density at radius 3 is 2.65 bits per heavy atom. The third-order valence-electron chi connectivity index (χ3n) is 4.99. The molecule has 4 rings (SSSR count). The molecule has 4 aromatic rings. The number of nitrogens with zero attached hydrogens (tertiary/aromatic N) is 2. The summed E-state index contributed by atoms with van der Waals surface area (Å²) in [6.45, 7) is 4.08. The van der Waals surface area contributed by atoms with Crippen molar-refractivity contribution >= 4 is 46.1 Å². The second-order valence-corrected chi connectivity index (χ2v) is 9.06. The molecule has 0 saturated heterocycles. The largest absolute Gasteiger partial charge is 0.459 e. The summed E-state index contributed by atoms with van der Waals surface area (Å²) in [5, 5.41) is 1.21. The number of amides is 2. The minimum absolute atomic E-state index is 0.0696. The molecular weight excluding hydrogens is 476 g/mol. The smallest absolute Gasteiger partial charge is 0.305 e. The molecule has 0 atom stereocenters. The average Bonchev–Trinajstić information content (AvgIpc) is 3.36. The fraction of sp³-hybridized carbons (Fsp3) is 0.167. The Labute approximate surface area is 204 Å². The van der Waals surface area contributed by atoms with Crippen molar-refractivity contribution < 1.29 is 14.0 Å². The quantitative estimate of drug-likeness (QED) is 0.234. The summed E-state index contributed by atoms with van der Waals surface area (Å²) in [5.41, 5.74) is 6.46. The molecule has 0 saturated carbocycles. The zero-order valence-electron chi connectivity index (χ0n) is 18.4. The lowest BCUT2D eigenvalue weighted by Crippen LogP contribution is -2.42. The van der Waals surface area contributed by atoms with Crippen LogP contribution in [0.2, 0.25) is 5.02 Å². The van der Waals surface area contributed by atoms with Gasteiger partial charge in [0.05, 0.1) is 28.6 Å². The standard InChI is InChI=1S/C24H21ClN4O4S/c1-14(2)16-6-3-4-7-19(16)29-23(32)17-10-9-15(25)12-18(17)26-24(29)34-13-21(30)27-28-22(31)20-8-5-11-33-20/h3-12,14H,13H2,1-2H3,(H,27,30)(H,28,31). The average molecular weight is 497 g/mol. The second kappa shape index (κ2) is 10.1. The Morgan fingerprint density at radius 2 is 1.91 bits per heavy atom. The first-order valence-corrected chi connectivity index (χ1v) is 11.8. The number of halogens is 1. The van der Waals surface area contributed by atoms with E-state index in [0.717, 1.165) is 17.3 Å². The highest BCUT2D eigenvalue weighted by Gasteiger charge is 2.18. The number of benzene rings is 2. The van der Waals surface area contributed by atoms with E-state index in [4.69, 9.17) is 16.0 Å². The molecule has 34 heavy (non-hydrogen) atoms. The molecule has 2 heterocycles. The predicted octanol–water partition coefficient (Wildman–Crippen LogP) is 4.31. The molecule has 2 aromatic heterocycles. The molecular formula is C24H21ClN4O4S. The number of fused-ring (bicyclic) bond motifs is 1. The van der Waals surface area contributed by atoms with Crippen molar-refractivity contribution in [1.29, 1.82) is 0 Å². The number of aromatic nitrogens is 2. The van der Waals surface area contributed by atoms with Gasteiger partial charge in [-0.1, -0.05) is 55.4 Å². The molecule has 0 spiro atoms. The van der Waals surface area contributed by atoms with Crippen LogP contribution in [-0.2, 0) is 4.79 Å². The Balaban J connectivity index is 1.66. The number of para-hydroxylation sites is 1. The lowest BCUT2D eigenvalue weighted by atomic mass is 10.0. The molecule has 10 heteroatoms. The van der Waals surface area contributed by atoms with Crippen LogP contribution in [0.1, 0.15) is 35.9 Å². The Bertz CT molecular complexity index is 1420. The van der Waals surface area contributed by atoms with E-state index in [1.54, 1.807) is 24.3 Å². The summed E-state index contributed by atoms with van der Waals surface area (Å²) < 4.78 is 6.51. The van der Waals surface area contributed by atoms with E-state index in [-0.39, 0.29) is 23.0 Å². The molecule has 0 aliphatic heterocycles. The minimum Gasteiger partial charge on any atom is -0.459 e. The summed E-state index contributed by atoms with van der Waals surface area (Å²) in [6.07, 6.45) is 1.36. The first kappa shape index (κ1) is 23.6. The maximum atomic E-state index is 13.5. The van der Waals surface area contributed by atoms with E-state index < -0.39 is 11.8 Å². The van der Waals surface area contributed by atoms with Crippen LogP contribution in [0.15, 0.2) is 75.2 Å². The molecule has 2 amide bonds. The summed E-state index contributed by atoms with van der Waals surface area (Å²) in [7, 11) is 0. The van der Waals surface area contributed by atoms with E-state index in [9.17, 15) is 14.4 Å². The maximum absolute atomic E-state index is 13.5. The SMILES string of the molecule is CC(C)c1ccccc1-n1c(SCC(=O)NNC(=O)c2ccco2)nc2cc(Cl)ccc2c1=O. The molecule has 174 valence electrons. The molecule has 0 aliphatic carbocycles. The number of thioether (sulfide) groups is 1. The van der Waals surface area contributed by atoms with Crippen LogP contribution in [0, 0.1) is 0 Å². The van der Waals surface area contributed by atoms with Gasteiger partial charge in [-0.25, -0.2) is 4.98 Å². The van der Waals surface area contributed by atoms with Gasteiger partial charge < -0.3 is 4.42 Å². The molecule has 2 aromatic carbocycles. The van der Waals surface area contributed by atoms with Crippen molar-refractivity contribution in [2.75, 3.05) is 5.75 Å². The van der Waals surface area contributed by atoms with E-state index in [0.29, 0.717) is 26.8 Å². The van der Waals surface area contributed by atoms with Crippen LogP contribution >= 0.6 is 23.4 Å². The van der Waals surface area contributed by atoms with E-state index in [1.807, 2.05) is 38.1 Å². The molecule has 0 unspecified atom stereocenters. The van der Waals surface area contributed by atoms with Crippen LogP contribution in [0.25, 0.3) is 16.6 Å². The fourth-order valence-corrected chi connectivity index (χ4v) is 4.36. The lowest BCUT2D eigenvalue weighted by molar-refractivity contribution is -0.119. The molecule has 0 bridgehead atoms.